The summed E-state index contributed by atoms with van der Waals surface area (Å²) >= 11 is 0. The molecule has 0 saturated carbocycles. The summed E-state index contributed by atoms with van der Waals surface area (Å²) in [6.45, 7) is 2.66. The molecule has 0 amide bonds. The number of ether oxygens (including phenoxy) is 2. The van der Waals surface area contributed by atoms with E-state index in [9.17, 15) is 9.90 Å². The van der Waals surface area contributed by atoms with Gasteiger partial charge < -0.3 is 19.0 Å². The quantitative estimate of drug-likeness (QED) is 0.840. The highest BCUT2D eigenvalue weighted by Gasteiger charge is 2.25. The van der Waals surface area contributed by atoms with Crippen molar-refractivity contribution in [3.8, 4) is 11.5 Å². The van der Waals surface area contributed by atoms with Crippen LogP contribution in [0.1, 0.15) is 30.3 Å². The normalized spacial score (nSPS) is 20.6. The molecule has 0 radical (unpaired) electrons. The van der Waals surface area contributed by atoms with Crippen LogP contribution in [0.25, 0.3) is 11.0 Å². The third-order valence-corrected chi connectivity index (χ3v) is 4.40. The topological polar surface area (TPSA) is 68.9 Å². The number of carboxylic acids is 1. The third kappa shape index (κ3) is 3.04. The van der Waals surface area contributed by atoms with Gasteiger partial charge in [0.05, 0.1) is 19.1 Å². The lowest BCUT2D eigenvalue weighted by Crippen LogP contribution is -2.21. The van der Waals surface area contributed by atoms with Crippen LogP contribution in [0.5, 0.6) is 11.5 Å². The molecule has 0 fully saturated rings. The summed E-state index contributed by atoms with van der Waals surface area (Å²) in [6, 6.07) is 5.17. The van der Waals surface area contributed by atoms with Crippen molar-refractivity contribution in [2.45, 2.75) is 19.8 Å². The summed E-state index contributed by atoms with van der Waals surface area (Å²) in [6.07, 6.45) is 6.31. The highest BCUT2D eigenvalue weighted by atomic mass is 16.5. The van der Waals surface area contributed by atoms with Crippen molar-refractivity contribution in [3.05, 3.63) is 36.1 Å². The maximum absolute atomic E-state index is 11.4. The first-order chi connectivity index (χ1) is 11.1. The maximum Gasteiger partial charge on any atom is 0.375 e. The Morgan fingerprint density at radius 1 is 1.35 bits per heavy atom. The fraction of sp³-hybridized carbons (Fsp3) is 0.389. The zero-order valence-electron chi connectivity index (χ0n) is 13.2. The number of rotatable bonds is 5. The fourth-order valence-electron chi connectivity index (χ4n) is 2.89. The Balaban J connectivity index is 1.92. The van der Waals surface area contributed by atoms with Crippen LogP contribution in [0.4, 0.5) is 0 Å². The van der Waals surface area contributed by atoms with Crippen LogP contribution in [-0.4, -0.2) is 24.8 Å². The summed E-state index contributed by atoms with van der Waals surface area (Å²) in [7, 11) is 1.57. The van der Waals surface area contributed by atoms with Crippen LogP contribution in [-0.2, 0) is 0 Å². The number of allylic oxidation sites excluding steroid dienone is 2. The zero-order chi connectivity index (χ0) is 16.4. The molecule has 1 heterocycles. The monoisotopic (exact) mass is 316 g/mol. The third-order valence-electron chi connectivity index (χ3n) is 4.40. The first kappa shape index (κ1) is 15.5. The fourth-order valence-corrected chi connectivity index (χ4v) is 2.89. The second kappa shape index (κ2) is 6.36. The van der Waals surface area contributed by atoms with Gasteiger partial charge in [0.2, 0.25) is 0 Å². The number of carboxylic acid groups (broad SMARTS) is 1. The Morgan fingerprint density at radius 2 is 2.13 bits per heavy atom. The van der Waals surface area contributed by atoms with Gasteiger partial charge >= 0.3 is 5.97 Å². The molecule has 0 bridgehead atoms. The van der Waals surface area contributed by atoms with Crippen molar-refractivity contribution in [1.82, 2.24) is 0 Å². The van der Waals surface area contributed by atoms with E-state index in [2.05, 4.69) is 19.1 Å². The average Bonchev–Trinajstić information content (AvgIpc) is 2.92. The van der Waals surface area contributed by atoms with Gasteiger partial charge in [-0.2, -0.15) is 0 Å². The molecule has 0 saturated heterocycles. The van der Waals surface area contributed by atoms with Gasteiger partial charge in [0.15, 0.2) is 5.75 Å². The van der Waals surface area contributed by atoms with E-state index in [-0.39, 0.29) is 11.5 Å². The summed E-state index contributed by atoms with van der Waals surface area (Å²) < 4.78 is 16.5. The predicted octanol–water partition coefficient (Wildman–Crippen LogP) is 4.12. The van der Waals surface area contributed by atoms with Crippen molar-refractivity contribution in [2.24, 2.45) is 11.8 Å². The summed E-state index contributed by atoms with van der Waals surface area (Å²) in [4.78, 5) is 11.4. The van der Waals surface area contributed by atoms with Gasteiger partial charge in [-0.15, -0.1) is 0 Å². The number of benzene rings is 1. The number of hydrogen-bond acceptors (Lipinski definition) is 4. The first-order valence-corrected chi connectivity index (χ1v) is 7.71. The van der Waals surface area contributed by atoms with Crippen LogP contribution in [0.2, 0.25) is 0 Å². The molecule has 5 nitrogen and oxygen atoms in total. The second-order valence-corrected chi connectivity index (χ2v) is 5.92. The molecule has 1 aliphatic carbocycles. The van der Waals surface area contributed by atoms with Gasteiger partial charge in [0, 0.05) is 0 Å². The standard InChI is InChI=1S/C18H20O5/c1-11-5-3-4-6-12(11)10-22-16-14-9-13(21-2)7-8-15(14)23-17(16)18(19)20/h3-4,7-9,11-12H,5-6,10H2,1-2H3,(H,19,20). The number of carbonyl (C=O) groups is 1. The van der Waals surface area contributed by atoms with Crippen molar-refractivity contribution < 1.29 is 23.8 Å². The Hall–Kier alpha value is -2.43. The van der Waals surface area contributed by atoms with E-state index in [1.54, 1.807) is 25.3 Å². The second-order valence-electron chi connectivity index (χ2n) is 5.92. The number of fused-ring (bicyclic) bond motifs is 1. The Labute approximate surface area is 134 Å². The van der Waals surface area contributed by atoms with E-state index in [0.29, 0.717) is 35.2 Å². The van der Waals surface area contributed by atoms with Crippen molar-refractivity contribution >= 4 is 16.9 Å². The number of hydrogen-bond donors (Lipinski definition) is 1. The van der Waals surface area contributed by atoms with Crippen LogP contribution >= 0.6 is 0 Å². The smallest absolute Gasteiger partial charge is 0.375 e. The molecule has 3 rings (SSSR count). The lowest BCUT2D eigenvalue weighted by Gasteiger charge is -2.25. The van der Waals surface area contributed by atoms with E-state index in [1.165, 1.54) is 0 Å². The first-order valence-electron chi connectivity index (χ1n) is 7.71. The van der Waals surface area contributed by atoms with Gasteiger partial charge in [0.1, 0.15) is 11.3 Å². The molecular formula is C18H20O5. The molecule has 1 N–H and O–H groups in total. The van der Waals surface area contributed by atoms with Crippen LogP contribution in [0, 0.1) is 11.8 Å². The van der Waals surface area contributed by atoms with E-state index in [4.69, 9.17) is 13.9 Å². The summed E-state index contributed by atoms with van der Waals surface area (Å²) in [5.74, 6) is 0.513. The molecule has 0 spiro atoms. The van der Waals surface area contributed by atoms with Gasteiger partial charge in [-0.05, 0) is 42.9 Å². The molecule has 2 atom stereocenters. The Kier molecular flexibility index (Phi) is 4.28. The highest BCUT2D eigenvalue weighted by Crippen LogP contribution is 2.36. The average molecular weight is 316 g/mol. The van der Waals surface area contributed by atoms with Crippen molar-refractivity contribution in [2.75, 3.05) is 13.7 Å². The zero-order valence-corrected chi connectivity index (χ0v) is 13.2. The minimum absolute atomic E-state index is 0.160. The predicted molar refractivity (Wildman–Crippen MR) is 86.2 cm³/mol. The molecule has 5 heteroatoms. The van der Waals surface area contributed by atoms with Gasteiger partial charge in [0.25, 0.3) is 5.76 Å². The molecule has 122 valence electrons. The van der Waals surface area contributed by atoms with Crippen molar-refractivity contribution in [1.29, 1.82) is 0 Å². The lowest BCUT2D eigenvalue weighted by atomic mass is 9.85. The van der Waals surface area contributed by atoms with E-state index in [1.807, 2.05) is 0 Å². The van der Waals surface area contributed by atoms with E-state index in [0.717, 1.165) is 12.8 Å². The number of furan rings is 1. The largest absolute Gasteiger partial charge is 0.497 e. The molecule has 1 aromatic carbocycles. The Morgan fingerprint density at radius 3 is 2.83 bits per heavy atom. The molecule has 23 heavy (non-hydrogen) atoms. The van der Waals surface area contributed by atoms with Crippen LogP contribution in [0.3, 0.4) is 0 Å². The number of aromatic carboxylic acids is 1. The molecular weight excluding hydrogens is 296 g/mol. The molecule has 1 aliphatic rings. The van der Waals surface area contributed by atoms with Gasteiger partial charge in [-0.25, -0.2) is 4.79 Å². The maximum atomic E-state index is 11.4. The minimum atomic E-state index is -1.13. The van der Waals surface area contributed by atoms with Crippen LogP contribution < -0.4 is 9.47 Å². The molecule has 2 aromatic rings. The lowest BCUT2D eigenvalue weighted by molar-refractivity contribution is 0.0656. The number of methoxy groups -OCH3 is 1. The SMILES string of the molecule is COc1ccc2oc(C(=O)O)c(OCC3CC=CCC3C)c2c1. The summed E-state index contributed by atoms with van der Waals surface area (Å²) in [5, 5.41) is 9.99. The summed E-state index contributed by atoms with van der Waals surface area (Å²) in [5.41, 5.74) is 0.481. The highest BCUT2D eigenvalue weighted by molar-refractivity contribution is 5.98. The van der Waals surface area contributed by atoms with Crippen molar-refractivity contribution in [3.63, 3.8) is 0 Å². The van der Waals surface area contributed by atoms with Crippen LogP contribution in [0.15, 0.2) is 34.8 Å². The van der Waals surface area contributed by atoms with E-state index < -0.39 is 5.97 Å². The molecule has 1 aromatic heterocycles. The van der Waals surface area contributed by atoms with E-state index >= 15 is 0 Å². The van der Waals surface area contributed by atoms with Gasteiger partial charge in [-0.3, -0.25) is 0 Å². The van der Waals surface area contributed by atoms with Gasteiger partial charge in [-0.1, -0.05) is 19.1 Å². The minimum Gasteiger partial charge on any atom is -0.497 e. The molecule has 0 aliphatic heterocycles. The molecule has 2 unspecified atom stereocenters. The Bertz CT molecular complexity index is 743.